The van der Waals surface area contributed by atoms with Gasteiger partial charge in [0, 0.05) is 20.6 Å². The number of aryl methyl sites for hydroxylation is 1. The van der Waals surface area contributed by atoms with Gasteiger partial charge in [0.1, 0.15) is 12.4 Å². The Bertz CT molecular complexity index is 1000. The third kappa shape index (κ3) is 5.68. The molecule has 0 radical (unpaired) electrons. The monoisotopic (exact) mass is 456 g/mol. The highest BCUT2D eigenvalue weighted by Gasteiger charge is 2.06. The lowest BCUT2D eigenvalue weighted by Crippen LogP contribution is -2.17. The number of amides is 1. The number of benzene rings is 3. The molecule has 3 rings (SSSR count). The second-order valence-corrected chi connectivity index (χ2v) is 7.52. The quantitative estimate of drug-likeness (QED) is 0.378. The third-order valence-corrected chi connectivity index (χ3v) is 4.67. The average Bonchev–Trinajstić information content (AvgIpc) is 2.68. The number of hydrazone groups is 1. The minimum atomic E-state index is -0.315. The molecule has 1 amide bonds. The van der Waals surface area contributed by atoms with Crippen LogP contribution in [0.15, 0.2) is 76.3 Å². The SMILES string of the molecule is Cc1cccc(COc2ccc(Br)cc2/C=N\NC(=O)c2ccc(Cl)cc2)c1. The first-order chi connectivity index (χ1) is 13.5. The van der Waals surface area contributed by atoms with Crippen molar-refractivity contribution >= 4 is 39.7 Å². The van der Waals surface area contributed by atoms with Crippen molar-refractivity contribution in [2.24, 2.45) is 5.10 Å². The Balaban J connectivity index is 1.68. The maximum Gasteiger partial charge on any atom is 0.271 e. The molecule has 0 heterocycles. The first-order valence-electron chi connectivity index (χ1n) is 8.58. The van der Waals surface area contributed by atoms with E-state index in [1.807, 2.05) is 43.3 Å². The molecule has 0 aromatic heterocycles. The molecule has 0 aliphatic heterocycles. The van der Waals surface area contributed by atoms with E-state index in [2.05, 4.69) is 32.5 Å². The van der Waals surface area contributed by atoms with E-state index >= 15 is 0 Å². The van der Waals surface area contributed by atoms with Crippen LogP contribution in [0.1, 0.15) is 27.0 Å². The summed E-state index contributed by atoms with van der Waals surface area (Å²) in [6.45, 7) is 2.49. The van der Waals surface area contributed by atoms with Crippen molar-refractivity contribution in [2.75, 3.05) is 0 Å². The van der Waals surface area contributed by atoms with Gasteiger partial charge < -0.3 is 4.74 Å². The molecule has 142 valence electrons. The van der Waals surface area contributed by atoms with Gasteiger partial charge in [-0.3, -0.25) is 4.79 Å². The second kappa shape index (κ2) is 9.53. The molecule has 28 heavy (non-hydrogen) atoms. The van der Waals surface area contributed by atoms with Crippen molar-refractivity contribution in [1.29, 1.82) is 0 Å². The molecule has 0 saturated heterocycles. The molecular formula is C22H18BrClN2O2. The molecule has 0 unspecified atom stereocenters. The maximum absolute atomic E-state index is 12.1. The van der Waals surface area contributed by atoms with E-state index in [4.69, 9.17) is 16.3 Å². The Labute approximate surface area is 177 Å². The number of hydrogen-bond donors (Lipinski definition) is 1. The van der Waals surface area contributed by atoms with E-state index < -0.39 is 0 Å². The number of nitrogens with zero attached hydrogens (tertiary/aromatic N) is 1. The molecule has 0 spiro atoms. The fourth-order valence-electron chi connectivity index (χ4n) is 2.54. The molecule has 0 bridgehead atoms. The molecule has 0 saturated carbocycles. The Morgan fingerprint density at radius 2 is 1.93 bits per heavy atom. The van der Waals surface area contributed by atoms with Crippen molar-refractivity contribution in [3.63, 3.8) is 0 Å². The van der Waals surface area contributed by atoms with Crippen molar-refractivity contribution < 1.29 is 9.53 Å². The summed E-state index contributed by atoms with van der Waals surface area (Å²) in [5, 5.41) is 4.63. The van der Waals surface area contributed by atoms with Gasteiger partial charge in [-0.1, -0.05) is 57.4 Å². The third-order valence-electron chi connectivity index (χ3n) is 3.92. The number of hydrogen-bond acceptors (Lipinski definition) is 3. The Morgan fingerprint density at radius 3 is 2.68 bits per heavy atom. The summed E-state index contributed by atoms with van der Waals surface area (Å²) >= 11 is 9.29. The molecule has 0 aliphatic rings. The molecular weight excluding hydrogens is 440 g/mol. The van der Waals surface area contributed by atoms with Crippen LogP contribution in [0.3, 0.4) is 0 Å². The number of halogens is 2. The number of carbonyl (C=O) groups is 1. The fraction of sp³-hybridized carbons (Fsp3) is 0.0909. The summed E-state index contributed by atoms with van der Waals surface area (Å²) in [4.78, 5) is 12.1. The molecule has 0 fully saturated rings. The molecule has 4 nitrogen and oxygen atoms in total. The van der Waals surface area contributed by atoms with E-state index in [-0.39, 0.29) is 5.91 Å². The van der Waals surface area contributed by atoms with Gasteiger partial charge in [0.05, 0.1) is 6.21 Å². The van der Waals surface area contributed by atoms with Crippen LogP contribution in [-0.2, 0) is 6.61 Å². The molecule has 1 N–H and O–H groups in total. The van der Waals surface area contributed by atoms with Gasteiger partial charge in [-0.2, -0.15) is 5.10 Å². The summed E-state index contributed by atoms with van der Waals surface area (Å²) in [7, 11) is 0. The highest BCUT2D eigenvalue weighted by atomic mass is 79.9. The van der Waals surface area contributed by atoms with E-state index in [1.165, 1.54) is 5.56 Å². The average molecular weight is 458 g/mol. The highest BCUT2D eigenvalue weighted by Crippen LogP contribution is 2.23. The second-order valence-electron chi connectivity index (χ2n) is 6.17. The minimum absolute atomic E-state index is 0.315. The van der Waals surface area contributed by atoms with Crippen LogP contribution in [0, 0.1) is 6.92 Å². The summed E-state index contributed by atoms with van der Waals surface area (Å²) in [5.41, 5.74) is 6.01. The van der Waals surface area contributed by atoms with Crippen LogP contribution >= 0.6 is 27.5 Å². The Hall–Kier alpha value is -2.63. The van der Waals surface area contributed by atoms with Gasteiger partial charge in [0.25, 0.3) is 5.91 Å². The molecule has 6 heteroatoms. The molecule has 3 aromatic carbocycles. The lowest BCUT2D eigenvalue weighted by molar-refractivity contribution is 0.0955. The number of carbonyl (C=O) groups excluding carboxylic acids is 1. The first-order valence-corrected chi connectivity index (χ1v) is 9.75. The molecule has 3 aromatic rings. The first kappa shape index (κ1) is 20.1. The summed E-state index contributed by atoms with van der Waals surface area (Å²) < 4.78 is 6.84. The van der Waals surface area contributed by atoms with E-state index in [0.29, 0.717) is 22.9 Å². The van der Waals surface area contributed by atoms with E-state index in [9.17, 15) is 4.79 Å². The van der Waals surface area contributed by atoms with Crippen LogP contribution in [0.4, 0.5) is 0 Å². The number of nitrogens with one attached hydrogen (secondary N) is 1. The maximum atomic E-state index is 12.1. The smallest absolute Gasteiger partial charge is 0.271 e. The van der Waals surface area contributed by atoms with Gasteiger partial charge >= 0.3 is 0 Å². The van der Waals surface area contributed by atoms with Crippen LogP contribution in [0.25, 0.3) is 0 Å². The van der Waals surface area contributed by atoms with Crippen LogP contribution in [0.5, 0.6) is 5.75 Å². The van der Waals surface area contributed by atoms with Gasteiger partial charge in [-0.25, -0.2) is 5.43 Å². The van der Waals surface area contributed by atoms with Crippen LogP contribution in [0.2, 0.25) is 5.02 Å². The zero-order valence-electron chi connectivity index (χ0n) is 15.2. The number of rotatable bonds is 6. The van der Waals surface area contributed by atoms with Gasteiger partial charge in [-0.15, -0.1) is 0 Å². The van der Waals surface area contributed by atoms with Crippen molar-refractivity contribution in [3.05, 3.63) is 98.5 Å². The predicted octanol–water partition coefficient (Wildman–Crippen LogP) is 5.75. The lowest BCUT2D eigenvalue weighted by atomic mass is 10.1. The molecule has 0 aliphatic carbocycles. The fourth-order valence-corrected chi connectivity index (χ4v) is 3.05. The topological polar surface area (TPSA) is 50.7 Å². The van der Waals surface area contributed by atoms with E-state index in [0.717, 1.165) is 15.6 Å². The molecule has 0 atom stereocenters. The largest absolute Gasteiger partial charge is 0.488 e. The van der Waals surface area contributed by atoms with Gasteiger partial charge in [-0.05, 0) is 55.0 Å². The predicted molar refractivity (Wildman–Crippen MR) is 116 cm³/mol. The van der Waals surface area contributed by atoms with Gasteiger partial charge in [0.15, 0.2) is 0 Å². The van der Waals surface area contributed by atoms with Crippen molar-refractivity contribution in [3.8, 4) is 5.75 Å². The van der Waals surface area contributed by atoms with Crippen molar-refractivity contribution in [1.82, 2.24) is 5.43 Å². The Kier molecular flexibility index (Phi) is 6.85. The lowest BCUT2D eigenvalue weighted by Gasteiger charge is -2.10. The van der Waals surface area contributed by atoms with Gasteiger partial charge in [0.2, 0.25) is 0 Å². The standard InChI is InChI=1S/C22H18BrClN2O2/c1-15-3-2-4-16(11-15)14-28-21-10-7-19(23)12-18(21)13-25-26-22(27)17-5-8-20(24)9-6-17/h2-13H,14H2,1H3,(H,26,27)/b25-13-. The minimum Gasteiger partial charge on any atom is -0.488 e. The summed E-state index contributed by atoms with van der Waals surface area (Å²) in [6.07, 6.45) is 1.56. The number of ether oxygens (including phenoxy) is 1. The summed E-state index contributed by atoms with van der Waals surface area (Å²) in [5.74, 6) is 0.361. The highest BCUT2D eigenvalue weighted by molar-refractivity contribution is 9.10. The van der Waals surface area contributed by atoms with E-state index in [1.54, 1.807) is 30.5 Å². The summed E-state index contributed by atoms with van der Waals surface area (Å²) in [6, 6.07) is 20.4. The van der Waals surface area contributed by atoms with Crippen molar-refractivity contribution in [2.45, 2.75) is 13.5 Å². The van der Waals surface area contributed by atoms with Crippen LogP contribution in [-0.4, -0.2) is 12.1 Å². The Morgan fingerprint density at radius 1 is 1.14 bits per heavy atom. The van der Waals surface area contributed by atoms with Crippen LogP contribution < -0.4 is 10.2 Å². The zero-order chi connectivity index (χ0) is 19.9. The normalized spacial score (nSPS) is 10.8. The zero-order valence-corrected chi connectivity index (χ0v) is 17.5.